The molecule has 3 aromatic heterocycles. The number of thioether (sulfide) groups is 1. The molecule has 0 amide bonds. The second-order valence-electron chi connectivity index (χ2n) is 6.22. The van der Waals surface area contributed by atoms with E-state index in [4.69, 9.17) is 9.51 Å². The van der Waals surface area contributed by atoms with Gasteiger partial charge in [-0.15, -0.1) is 11.3 Å². The van der Waals surface area contributed by atoms with Crippen LogP contribution in [0.4, 0.5) is 0 Å². The lowest BCUT2D eigenvalue weighted by Gasteiger charge is -2.15. The third kappa shape index (κ3) is 2.80. The second-order valence-corrected chi connectivity index (χ2v) is 8.36. The summed E-state index contributed by atoms with van der Waals surface area (Å²) in [4.78, 5) is 19.8. The van der Waals surface area contributed by atoms with Gasteiger partial charge in [-0.05, 0) is 47.1 Å². The fourth-order valence-corrected chi connectivity index (χ4v) is 5.04. The number of aromatic nitrogens is 3. The Kier molecular flexibility index (Phi) is 4.57. The Bertz CT molecular complexity index is 947. The molecule has 24 heavy (non-hydrogen) atoms. The van der Waals surface area contributed by atoms with Crippen molar-refractivity contribution in [1.82, 2.24) is 14.7 Å². The highest BCUT2D eigenvalue weighted by Gasteiger charge is 2.19. The van der Waals surface area contributed by atoms with Gasteiger partial charge in [-0.1, -0.05) is 16.9 Å². The predicted octanol–water partition coefficient (Wildman–Crippen LogP) is 4.55. The van der Waals surface area contributed by atoms with Crippen molar-refractivity contribution in [3.05, 3.63) is 37.8 Å². The van der Waals surface area contributed by atoms with E-state index in [0.717, 1.165) is 42.8 Å². The van der Waals surface area contributed by atoms with E-state index in [1.54, 1.807) is 27.7 Å². The number of thiophene rings is 1. The largest absolute Gasteiger partial charge is 0.361 e. The van der Waals surface area contributed by atoms with Crippen LogP contribution in [0.25, 0.3) is 10.2 Å². The standard InChI is InChI=1S/C17H21N3O2S2/c1-8(2)20-16(21)14-9(3)12(6)24-15(14)18-17(20)23-7-13-10(4)19-22-11(13)5/h8H,7H2,1-6H3. The Morgan fingerprint density at radius 2 is 1.96 bits per heavy atom. The van der Waals surface area contributed by atoms with Crippen LogP contribution in [-0.4, -0.2) is 14.7 Å². The molecule has 0 aliphatic rings. The minimum absolute atomic E-state index is 0.0538. The summed E-state index contributed by atoms with van der Waals surface area (Å²) in [6.45, 7) is 11.9. The minimum atomic E-state index is 0.0538. The monoisotopic (exact) mass is 363 g/mol. The van der Waals surface area contributed by atoms with Gasteiger partial charge in [0.15, 0.2) is 5.16 Å². The molecule has 0 fully saturated rings. The smallest absolute Gasteiger partial charge is 0.263 e. The van der Waals surface area contributed by atoms with E-state index in [9.17, 15) is 4.79 Å². The molecule has 3 aromatic rings. The van der Waals surface area contributed by atoms with Gasteiger partial charge < -0.3 is 4.52 Å². The molecule has 0 saturated heterocycles. The Labute approximate surface area is 149 Å². The van der Waals surface area contributed by atoms with Crippen LogP contribution in [-0.2, 0) is 5.75 Å². The van der Waals surface area contributed by atoms with Gasteiger partial charge in [-0.2, -0.15) is 0 Å². The van der Waals surface area contributed by atoms with Gasteiger partial charge >= 0.3 is 0 Å². The number of fused-ring (bicyclic) bond motifs is 1. The van der Waals surface area contributed by atoms with Gasteiger partial charge in [0.25, 0.3) is 5.56 Å². The van der Waals surface area contributed by atoms with Crippen molar-refractivity contribution in [2.45, 2.75) is 58.5 Å². The molecular formula is C17H21N3O2S2. The first-order valence-electron chi connectivity index (χ1n) is 7.88. The molecule has 3 rings (SSSR count). The van der Waals surface area contributed by atoms with Crippen molar-refractivity contribution in [3.8, 4) is 0 Å². The average molecular weight is 364 g/mol. The van der Waals surface area contributed by atoms with Crippen LogP contribution < -0.4 is 5.56 Å². The fourth-order valence-electron chi connectivity index (χ4n) is 2.69. The molecule has 0 bridgehead atoms. The molecule has 7 heteroatoms. The first kappa shape index (κ1) is 17.2. The topological polar surface area (TPSA) is 60.9 Å². The van der Waals surface area contributed by atoms with Crippen LogP contribution in [0, 0.1) is 27.7 Å². The fraction of sp³-hybridized carbons (Fsp3) is 0.471. The van der Waals surface area contributed by atoms with Gasteiger partial charge in [0.05, 0.1) is 11.1 Å². The molecule has 0 saturated carbocycles. The summed E-state index contributed by atoms with van der Waals surface area (Å²) in [6.07, 6.45) is 0. The minimum Gasteiger partial charge on any atom is -0.361 e. The summed E-state index contributed by atoms with van der Waals surface area (Å²) in [7, 11) is 0. The zero-order valence-corrected chi connectivity index (χ0v) is 16.4. The Hall–Kier alpha value is -1.60. The quantitative estimate of drug-likeness (QED) is 0.502. The van der Waals surface area contributed by atoms with Crippen LogP contribution in [0.2, 0.25) is 0 Å². The molecule has 128 valence electrons. The maximum atomic E-state index is 13.0. The van der Waals surface area contributed by atoms with Crippen LogP contribution in [0.1, 0.15) is 47.3 Å². The van der Waals surface area contributed by atoms with Gasteiger partial charge in [0, 0.05) is 22.2 Å². The third-order valence-electron chi connectivity index (χ3n) is 4.25. The highest BCUT2D eigenvalue weighted by Crippen LogP contribution is 2.31. The molecule has 0 N–H and O–H groups in total. The number of nitrogens with zero attached hydrogens (tertiary/aromatic N) is 3. The average Bonchev–Trinajstić information content (AvgIpc) is 2.97. The molecule has 0 aromatic carbocycles. The zero-order valence-electron chi connectivity index (χ0n) is 14.8. The molecule has 3 heterocycles. The van der Waals surface area contributed by atoms with E-state index in [1.807, 2.05) is 41.5 Å². The highest BCUT2D eigenvalue weighted by atomic mass is 32.2. The summed E-state index contributed by atoms with van der Waals surface area (Å²) in [5.41, 5.74) is 3.06. The lowest BCUT2D eigenvalue weighted by molar-refractivity contribution is 0.392. The predicted molar refractivity (Wildman–Crippen MR) is 99.3 cm³/mol. The molecular weight excluding hydrogens is 342 g/mol. The molecule has 0 spiro atoms. The highest BCUT2D eigenvalue weighted by molar-refractivity contribution is 7.98. The maximum absolute atomic E-state index is 13.0. The SMILES string of the molecule is Cc1noc(C)c1CSc1nc2sc(C)c(C)c2c(=O)n1C(C)C. The number of rotatable bonds is 4. The summed E-state index contributed by atoms with van der Waals surface area (Å²) < 4.78 is 7.02. The van der Waals surface area contributed by atoms with E-state index < -0.39 is 0 Å². The summed E-state index contributed by atoms with van der Waals surface area (Å²) in [5, 5.41) is 5.50. The number of hydrogen-bond acceptors (Lipinski definition) is 6. The Balaban J connectivity index is 2.10. The third-order valence-corrected chi connectivity index (χ3v) is 6.33. The van der Waals surface area contributed by atoms with E-state index in [1.165, 1.54) is 0 Å². The van der Waals surface area contributed by atoms with Crippen molar-refractivity contribution < 1.29 is 4.52 Å². The first-order valence-corrected chi connectivity index (χ1v) is 9.68. The van der Waals surface area contributed by atoms with Crippen molar-refractivity contribution in [2.24, 2.45) is 0 Å². The molecule has 0 atom stereocenters. The molecule has 0 aliphatic carbocycles. The van der Waals surface area contributed by atoms with E-state index >= 15 is 0 Å². The van der Waals surface area contributed by atoms with Gasteiger partial charge in [0.1, 0.15) is 10.6 Å². The Morgan fingerprint density at radius 3 is 2.54 bits per heavy atom. The van der Waals surface area contributed by atoms with Crippen molar-refractivity contribution in [1.29, 1.82) is 0 Å². The molecule has 0 radical (unpaired) electrons. The molecule has 5 nitrogen and oxygen atoms in total. The summed E-state index contributed by atoms with van der Waals surface area (Å²) in [5.74, 6) is 1.51. The lowest BCUT2D eigenvalue weighted by atomic mass is 10.2. The van der Waals surface area contributed by atoms with Crippen LogP contribution in [0.15, 0.2) is 14.5 Å². The normalized spacial score (nSPS) is 11.8. The van der Waals surface area contributed by atoms with E-state index in [0.29, 0.717) is 5.75 Å². The van der Waals surface area contributed by atoms with Crippen molar-refractivity contribution >= 4 is 33.3 Å². The first-order chi connectivity index (χ1) is 11.3. The molecule has 0 aliphatic heterocycles. The van der Waals surface area contributed by atoms with E-state index in [-0.39, 0.29) is 11.6 Å². The number of hydrogen-bond donors (Lipinski definition) is 0. The zero-order chi connectivity index (χ0) is 17.6. The van der Waals surface area contributed by atoms with Gasteiger partial charge in [0.2, 0.25) is 0 Å². The summed E-state index contributed by atoms with van der Waals surface area (Å²) >= 11 is 3.15. The van der Waals surface area contributed by atoms with Gasteiger partial charge in [-0.25, -0.2) is 4.98 Å². The van der Waals surface area contributed by atoms with E-state index in [2.05, 4.69) is 5.16 Å². The maximum Gasteiger partial charge on any atom is 0.263 e. The summed E-state index contributed by atoms with van der Waals surface area (Å²) in [6, 6.07) is 0.0566. The Morgan fingerprint density at radius 1 is 1.25 bits per heavy atom. The van der Waals surface area contributed by atoms with Crippen LogP contribution in [0.3, 0.4) is 0 Å². The molecule has 0 unspecified atom stereocenters. The number of aryl methyl sites for hydroxylation is 4. The van der Waals surface area contributed by atoms with Crippen molar-refractivity contribution in [3.63, 3.8) is 0 Å². The van der Waals surface area contributed by atoms with Crippen LogP contribution in [0.5, 0.6) is 0 Å². The van der Waals surface area contributed by atoms with Crippen LogP contribution >= 0.6 is 23.1 Å². The van der Waals surface area contributed by atoms with Gasteiger partial charge in [-0.3, -0.25) is 9.36 Å². The van der Waals surface area contributed by atoms with Crippen molar-refractivity contribution in [2.75, 3.05) is 0 Å². The lowest BCUT2D eigenvalue weighted by Crippen LogP contribution is -2.24. The second kappa shape index (κ2) is 6.37.